The number of halogens is 3. The third-order valence-electron chi connectivity index (χ3n) is 2.42. The lowest BCUT2D eigenvalue weighted by molar-refractivity contribution is -0.240. The molecular formula is C8H12F3NO6. The summed E-state index contributed by atoms with van der Waals surface area (Å²) in [7, 11) is 0. The summed E-state index contributed by atoms with van der Waals surface area (Å²) in [6, 6.07) is 0. The van der Waals surface area contributed by atoms with Crippen molar-refractivity contribution in [1.29, 1.82) is 0 Å². The third-order valence-corrected chi connectivity index (χ3v) is 2.42. The SMILES string of the molecule is O=C(N[C@H]1O[C@@H](CO)[C@@H](O)[C@H](O)[C@@H]1O)C(F)(F)F. The summed E-state index contributed by atoms with van der Waals surface area (Å²) in [5.41, 5.74) is 0. The summed E-state index contributed by atoms with van der Waals surface area (Å²) < 4.78 is 40.6. The molecule has 5 atom stereocenters. The van der Waals surface area contributed by atoms with Crippen LogP contribution in [0.1, 0.15) is 0 Å². The quantitative estimate of drug-likeness (QED) is 0.379. The fourth-order valence-electron chi connectivity index (χ4n) is 1.43. The number of alkyl halides is 3. The van der Waals surface area contributed by atoms with E-state index in [2.05, 4.69) is 4.74 Å². The van der Waals surface area contributed by atoms with Gasteiger partial charge in [0.15, 0.2) is 6.23 Å². The predicted molar refractivity (Wildman–Crippen MR) is 48.0 cm³/mol. The first kappa shape index (κ1) is 15.1. The van der Waals surface area contributed by atoms with Crippen molar-refractivity contribution in [1.82, 2.24) is 5.32 Å². The molecule has 1 aliphatic heterocycles. The van der Waals surface area contributed by atoms with Crippen molar-refractivity contribution >= 4 is 5.91 Å². The number of amides is 1. The van der Waals surface area contributed by atoms with Crippen molar-refractivity contribution in [3.63, 3.8) is 0 Å². The van der Waals surface area contributed by atoms with Crippen molar-refractivity contribution in [3.8, 4) is 0 Å². The second kappa shape index (κ2) is 5.36. The van der Waals surface area contributed by atoms with E-state index in [0.29, 0.717) is 0 Å². The average molecular weight is 275 g/mol. The lowest BCUT2D eigenvalue weighted by Gasteiger charge is -2.40. The standard InChI is InChI=1S/C8H12F3NO6/c9-8(10,11)7(17)12-6-5(16)4(15)3(14)2(1-13)18-6/h2-6,13-16H,1H2,(H,12,17)/t2-,3+,4-,5-,6-/m0/s1. The van der Waals surface area contributed by atoms with Crippen molar-refractivity contribution in [2.75, 3.05) is 6.61 Å². The zero-order valence-electron chi connectivity index (χ0n) is 8.83. The van der Waals surface area contributed by atoms with Gasteiger partial charge in [-0.05, 0) is 0 Å². The molecule has 1 amide bonds. The maximum atomic E-state index is 12.0. The number of hydrogen-bond acceptors (Lipinski definition) is 6. The summed E-state index contributed by atoms with van der Waals surface area (Å²) in [6.07, 6.45) is -14.0. The predicted octanol–water partition coefficient (Wildman–Crippen LogP) is -2.54. The normalized spacial score (nSPS) is 37.4. The summed E-state index contributed by atoms with van der Waals surface area (Å²) in [5, 5.41) is 38.0. The molecule has 0 saturated carbocycles. The Hall–Kier alpha value is -0.940. The average Bonchev–Trinajstić information content (AvgIpc) is 2.28. The van der Waals surface area contributed by atoms with Crippen LogP contribution in [0.4, 0.5) is 13.2 Å². The Labute approximate surface area is 98.8 Å². The molecule has 0 aromatic rings. The van der Waals surface area contributed by atoms with Gasteiger partial charge in [-0.25, -0.2) is 0 Å². The maximum absolute atomic E-state index is 12.0. The zero-order chi connectivity index (χ0) is 14.1. The summed E-state index contributed by atoms with van der Waals surface area (Å²) in [5.74, 6) is -2.37. The van der Waals surface area contributed by atoms with Crippen LogP contribution in [0.2, 0.25) is 0 Å². The number of rotatable bonds is 2. The topological polar surface area (TPSA) is 119 Å². The van der Waals surface area contributed by atoms with Gasteiger partial charge in [0.05, 0.1) is 6.61 Å². The monoisotopic (exact) mass is 275 g/mol. The van der Waals surface area contributed by atoms with E-state index in [-0.39, 0.29) is 0 Å². The Balaban J connectivity index is 2.74. The van der Waals surface area contributed by atoms with Gasteiger partial charge in [0.25, 0.3) is 0 Å². The largest absolute Gasteiger partial charge is 0.471 e. The number of aliphatic hydroxyl groups excluding tert-OH is 4. The molecule has 1 aliphatic rings. The van der Waals surface area contributed by atoms with E-state index in [0.717, 1.165) is 0 Å². The lowest BCUT2D eigenvalue weighted by Crippen LogP contribution is -2.64. The van der Waals surface area contributed by atoms with E-state index in [1.807, 2.05) is 0 Å². The number of hydrogen-bond donors (Lipinski definition) is 5. The Bertz CT molecular complexity index is 310. The molecule has 0 spiro atoms. The second-order valence-electron chi connectivity index (χ2n) is 3.72. The van der Waals surface area contributed by atoms with Crippen LogP contribution in [0.3, 0.4) is 0 Å². The Morgan fingerprint density at radius 3 is 2.17 bits per heavy atom. The van der Waals surface area contributed by atoms with Crippen LogP contribution < -0.4 is 5.32 Å². The number of aliphatic hydroxyl groups is 4. The van der Waals surface area contributed by atoms with E-state index in [1.165, 1.54) is 5.32 Å². The van der Waals surface area contributed by atoms with Crippen LogP contribution >= 0.6 is 0 Å². The second-order valence-corrected chi connectivity index (χ2v) is 3.72. The molecule has 10 heteroatoms. The first-order valence-electron chi connectivity index (χ1n) is 4.86. The first-order chi connectivity index (χ1) is 8.18. The molecule has 0 aromatic carbocycles. The molecule has 7 nitrogen and oxygen atoms in total. The van der Waals surface area contributed by atoms with E-state index >= 15 is 0 Å². The minimum absolute atomic E-state index is 0.802. The van der Waals surface area contributed by atoms with Crippen molar-refractivity contribution in [2.24, 2.45) is 0 Å². The number of carbonyl (C=O) groups excluding carboxylic acids is 1. The highest BCUT2D eigenvalue weighted by molar-refractivity contribution is 5.81. The number of nitrogens with one attached hydrogen (secondary N) is 1. The zero-order valence-corrected chi connectivity index (χ0v) is 8.83. The molecule has 0 radical (unpaired) electrons. The van der Waals surface area contributed by atoms with Gasteiger partial charge in [-0.3, -0.25) is 4.79 Å². The van der Waals surface area contributed by atoms with E-state index in [1.54, 1.807) is 0 Å². The van der Waals surface area contributed by atoms with Crippen LogP contribution in [0.5, 0.6) is 0 Å². The molecule has 106 valence electrons. The molecule has 18 heavy (non-hydrogen) atoms. The first-order valence-corrected chi connectivity index (χ1v) is 4.86. The Kier molecular flexibility index (Phi) is 4.50. The highest BCUT2D eigenvalue weighted by Crippen LogP contribution is 2.21. The van der Waals surface area contributed by atoms with Crippen LogP contribution in [0.25, 0.3) is 0 Å². The molecule has 0 aliphatic carbocycles. The lowest BCUT2D eigenvalue weighted by atomic mass is 9.98. The van der Waals surface area contributed by atoms with Crippen LogP contribution in [-0.2, 0) is 9.53 Å². The van der Waals surface area contributed by atoms with Crippen LogP contribution in [0.15, 0.2) is 0 Å². The molecule has 0 bridgehead atoms. The van der Waals surface area contributed by atoms with E-state index in [4.69, 9.17) is 5.11 Å². The fraction of sp³-hybridized carbons (Fsp3) is 0.875. The summed E-state index contributed by atoms with van der Waals surface area (Å²) in [6.45, 7) is -0.802. The van der Waals surface area contributed by atoms with Gasteiger partial charge in [0, 0.05) is 0 Å². The number of carbonyl (C=O) groups is 1. The van der Waals surface area contributed by atoms with E-state index in [9.17, 15) is 33.3 Å². The van der Waals surface area contributed by atoms with Gasteiger partial charge in [-0.2, -0.15) is 13.2 Å². The van der Waals surface area contributed by atoms with E-state index < -0.39 is 49.3 Å². The summed E-state index contributed by atoms with van der Waals surface area (Å²) in [4.78, 5) is 10.6. The highest BCUT2D eigenvalue weighted by Gasteiger charge is 2.47. The van der Waals surface area contributed by atoms with Crippen molar-refractivity contribution in [2.45, 2.75) is 36.8 Å². The minimum Gasteiger partial charge on any atom is -0.394 e. The molecule has 1 saturated heterocycles. The summed E-state index contributed by atoms with van der Waals surface area (Å²) >= 11 is 0. The van der Waals surface area contributed by atoms with Crippen LogP contribution in [0, 0.1) is 0 Å². The molecule has 5 N–H and O–H groups in total. The van der Waals surface area contributed by atoms with Crippen LogP contribution in [-0.4, -0.2) is 69.8 Å². The van der Waals surface area contributed by atoms with Gasteiger partial charge in [-0.15, -0.1) is 0 Å². The molecule has 0 aromatic heterocycles. The van der Waals surface area contributed by atoms with Gasteiger partial charge in [0.2, 0.25) is 0 Å². The third kappa shape index (κ3) is 3.09. The smallest absolute Gasteiger partial charge is 0.394 e. The minimum atomic E-state index is -5.18. The fourth-order valence-corrected chi connectivity index (χ4v) is 1.43. The highest BCUT2D eigenvalue weighted by atomic mass is 19.4. The van der Waals surface area contributed by atoms with Gasteiger partial charge < -0.3 is 30.5 Å². The molecule has 0 unspecified atom stereocenters. The number of ether oxygens (including phenoxy) is 1. The van der Waals surface area contributed by atoms with Crippen molar-refractivity contribution in [3.05, 3.63) is 0 Å². The Morgan fingerprint density at radius 1 is 1.17 bits per heavy atom. The van der Waals surface area contributed by atoms with Gasteiger partial charge in [-0.1, -0.05) is 0 Å². The molecule has 1 rings (SSSR count). The van der Waals surface area contributed by atoms with Gasteiger partial charge >= 0.3 is 12.1 Å². The van der Waals surface area contributed by atoms with Gasteiger partial charge in [0.1, 0.15) is 24.4 Å². The maximum Gasteiger partial charge on any atom is 0.471 e. The molecule has 1 heterocycles. The molecular weight excluding hydrogens is 263 g/mol. The van der Waals surface area contributed by atoms with Crippen molar-refractivity contribution < 1.29 is 43.1 Å². The Morgan fingerprint density at radius 2 is 1.72 bits per heavy atom. The molecule has 1 fully saturated rings.